The molecule has 1 aromatic carbocycles. The molecule has 0 aliphatic rings. The van der Waals surface area contributed by atoms with Crippen molar-refractivity contribution in [2.75, 3.05) is 12.0 Å². The van der Waals surface area contributed by atoms with Crippen LogP contribution in [0, 0.1) is 0 Å². The van der Waals surface area contributed by atoms with Crippen LogP contribution in [0.3, 0.4) is 0 Å². The lowest BCUT2D eigenvalue weighted by Crippen LogP contribution is -2.40. The minimum atomic E-state index is -1.05. The Hall–Kier alpha value is -1.17. The van der Waals surface area contributed by atoms with Gasteiger partial charge in [-0.2, -0.15) is 11.8 Å². The van der Waals surface area contributed by atoms with Gasteiger partial charge in [-0.1, -0.05) is 29.3 Å². The van der Waals surface area contributed by atoms with Crippen LogP contribution in [0.15, 0.2) is 24.3 Å². The number of carbonyl (C=O) groups excluding carboxylic acids is 1. The Labute approximate surface area is 137 Å². The first-order valence-electron chi connectivity index (χ1n) is 6.09. The van der Waals surface area contributed by atoms with Crippen molar-refractivity contribution in [1.82, 2.24) is 5.32 Å². The van der Waals surface area contributed by atoms with Crippen molar-refractivity contribution >= 4 is 52.9 Å². The molecule has 0 aliphatic heterocycles. The molecule has 7 heteroatoms. The number of hydrogen-bond acceptors (Lipinski definition) is 3. The molecule has 114 valence electrons. The summed E-state index contributed by atoms with van der Waals surface area (Å²) in [6.07, 6.45) is 5.02. The molecule has 0 aromatic heterocycles. The van der Waals surface area contributed by atoms with Crippen LogP contribution >= 0.6 is 35.0 Å². The van der Waals surface area contributed by atoms with Crippen LogP contribution in [0.4, 0.5) is 0 Å². The number of halogens is 2. The Morgan fingerprint density at radius 2 is 2.14 bits per heavy atom. The third kappa shape index (κ3) is 6.42. The first kappa shape index (κ1) is 17.9. The number of amides is 1. The molecule has 0 saturated heterocycles. The van der Waals surface area contributed by atoms with E-state index < -0.39 is 17.9 Å². The largest absolute Gasteiger partial charge is 0.480 e. The maximum atomic E-state index is 11.7. The highest BCUT2D eigenvalue weighted by atomic mass is 35.5. The van der Waals surface area contributed by atoms with Gasteiger partial charge in [-0.3, -0.25) is 4.79 Å². The van der Waals surface area contributed by atoms with Crippen LogP contribution in [0.2, 0.25) is 10.0 Å². The minimum Gasteiger partial charge on any atom is -0.480 e. The van der Waals surface area contributed by atoms with Gasteiger partial charge in [0, 0.05) is 16.1 Å². The number of benzene rings is 1. The van der Waals surface area contributed by atoms with Gasteiger partial charge in [-0.15, -0.1) is 0 Å². The molecule has 1 rings (SSSR count). The summed E-state index contributed by atoms with van der Waals surface area (Å²) in [7, 11) is 0. The van der Waals surface area contributed by atoms with E-state index in [1.165, 1.54) is 23.9 Å². The van der Waals surface area contributed by atoms with E-state index in [1.54, 1.807) is 18.2 Å². The van der Waals surface area contributed by atoms with Crippen molar-refractivity contribution in [3.63, 3.8) is 0 Å². The first-order chi connectivity index (χ1) is 9.93. The fourth-order valence-electron chi connectivity index (χ4n) is 1.52. The Kier molecular flexibility index (Phi) is 7.64. The van der Waals surface area contributed by atoms with Gasteiger partial charge in [0.2, 0.25) is 5.91 Å². The molecule has 0 heterocycles. The molecule has 0 bridgehead atoms. The quantitative estimate of drug-likeness (QED) is 0.742. The number of hydrogen-bond donors (Lipinski definition) is 2. The van der Waals surface area contributed by atoms with Gasteiger partial charge in [-0.25, -0.2) is 4.79 Å². The number of aliphatic carboxylic acids is 1. The summed E-state index contributed by atoms with van der Waals surface area (Å²) in [5.41, 5.74) is 0.632. The molecular weight excluding hydrogens is 333 g/mol. The topological polar surface area (TPSA) is 66.4 Å². The van der Waals surface area contributed by atoms with Crippen LogP contribution in [-0.4, -0.2) is 35.0 Å². The van der Waals surface area contributed by atoms with Gasteiger partial charge in [-0.05, 0) is 42.2 Å². The van der Waals surface area contributed by atoms with Crippen molar-refractivity contribution in [2.45, 2.75) is 12.5 Å². The fraction of sp³-hybridized carbons (Fsp3) is 0.286. The highest BCUT2D eigenvalue weighted by Crippen LogP contribution is 2.21. The summed E-state index contributed by atoms with van der Waals surface area (Å²) < 4.78 is 0. The zero-order chi connectivity index (χ0) is 15.8. The maximum absolute atomic E-state index is 11.7. The van der Waals surface area contributed by atoms with E-state index in [2.05, 4.69) is 5.32 Å². The second kappa shape index (κ2) is 8.97. The summed E-state index contributed by atoms with van der Waals surface area (Å²) in [6, 6.07) is 4.01. The molecule has 0 spiro atoms. The average molecular weight is 348 g/mol. The zero-order valence-electron chi connectivity index (χ0n) is 11.3. The van der Waals surface area contributed by atoms with Crippen LogP contribution in [0.1, 0.15) is 12.0 Å². The second-order valence-electron chi connectivity index (χ2n) is 4.18. The van der Waals surface area contributed by atoms with Crippen molar-refractivity contribution in [3.8, 4) is 0 Å². The van der Waals surface area contributed by atoms with Crippen molar-refractivity contribution < 1.29 is 14.7 Å². The normalized spacial score (nSPS) is 12.3. The van der Waals surface area contributed by atoms with Crippen molar-refractivity contribution in [1.29, 1.82) is 0 Å². The maximum Gasteiger partial charge on any atom is 0.326 e. The van der Waals surface area contributed by atoms with Gasteiger partial charge in [0.05, 0.1) is 0 Å². The SMILES string of the molecule is CSCC[C@H](NC(=O)/C=C/c1ccc(Cl)cc1Cl)C(=O)O. The molecule has 0 aliphatic carbocycles. The van der Waals surface area contributed by atoms with E-state index in [0.717, 1.165) is 0 Å². The van der Waals surface area contributed by atoms with Gasteiger partial charge in [0.1, 0.15) is 6.04 Å². The monoisotopic (exact) mass is 347 g/mol. The molecule has 0 unspecified atom stereocenters. The van der Waals surface area contributed by atoms with E-state index in [1.807, 2.05) is 6.26 Å². The highest BCUT2D eigenvalue weighted by molar-refractivity contribution is 7.98. The van der Waals surface area contributed by atoms with Crippen molar-refractivity contribution in [3.05, 3.63) is 39.9 Å². The van der Waals surface area contributed by atoms with Crippen LogP contribution in [0.25, 0.3) is 6.08 Å². The Morgan fingerprint density at radius 3 is 2.71 bits per heavy atom. The summed E-state index contributed by atoms with van der Waals surface area (Å²) in [5.74, 6) is -0.867. The predicted octanol–water partition coefficient (Wildman–Crippen LogP) is 3.33. The smallest absolute Gasteiger partial charge is 0.326 e. The minimum absolute atomic E-state index is 0.373. The number of carbonyl (C=O) groups is 2. The molecule has 21 heavy (non-hydrogen) atoms. The number of carboxylic acid groups (broad SMARTS) is 1. The van der Waals surface area contributed by atoms with Crippen LogP contribution in [-0.2, 0) is 9.59 Å². The summed E-state index contributed by atoms with van der Waals surface area (Å²) in [5, 5.41) is 12.4. The molecule has 4 nitrogen and oxygen atoms in total. The number of thioether (sulfide) groups is 1. The molecule has 1 aromatic rings. The third-order valence-electron chi connectivity index (χ3n) is 2.60. The highest BCUT2D eigenvalue weighted by Gasteiger charge is 2.17. The predicted molar refractivity (Wildman–Crippen MR) is 88.1 cm³/mol. The van der Waals surface area contributed by atoms with E-state index in [9.17, 15) is 9.59 Å². The molecule has 0 fully saturated rings. The molecule has 1 amide bonds. The number of nitrogens with one attached hydrogen (secondary N) is 1. The van der Waals surface area contributed by atoms with Gasteiger partial charge >= 0.3 is 5.97 Å². The van der Waals surface area contributed by atoms with E-state index in [4.69, 9.17) is 28.3 Å². The van der Waals surface area contributed by atoms with E-state index >= 15 is 0 Å². The van der Waals surface area contributed by atoms with E-state index in [-0.39, 0.29) is 0 Å². The van der Waals surface area contributed by atoms with E-state index in [0.29, 0.717) is 27.8 Å². The zero-order valence-corrected chi connectivity index (χ0v) is 13.6. The fourth-order valence-corrected chi connectivity index (χ4v) is 2.46. The van der Waals surface area contributed by atoms with Gasteiger partial charge in [0.25, 0.3) is 0 Å². The number of carboxylic acids is 1. The van der Waals surface area contributed by atoms with Gasteiger partial charge in [0.15, 0.2) is 0 Å². The molecule has 2 N–H and O–H groups in total. The first-order valence-corrected chi connectivity index (χ1v) is 8.24. The average Bonchev–Trinajstić information content (AvgIpc) is 2.42. The summed E-state index contributed by atoms with van der Waals surface area (Å²) in [4.78, 5) is 22.8. The summed E-state index contributed by atoms with van der Waals surface area (Å²) in [6.45, 7) is 0. The second-order valence-corrected chi connectivity index (χ2v) is 6.01. The molecular formula is C14H15Cl2NO3S. The third-order valence-corrected chi connectivity index (χ3v) is 3.81. The summed E-state index contributed by atoms with van der Waals surface area (Å²) >= 11 is 13.3. The Morgan fingerprint density at radius 1 is 1.43 bits per heavy atom. The standard InChI is InChI=1S/C14H15Cl2NO3S/c1-21-7-6-12(14(19)20)17-13(18)5-3-9-2-4-10(15)8-11(9)16/h2-5,8,12H,6-7H2,1H3,(H,17,18)(H,19,20)/b5-3+/t12-/m0/s1. The number of rotatable bonds is 7. The molecule has 0 saturated carbocycles. The molecule has 1 atom stereocenters. The van der Waals surface area contributed by atoms with Crippen LogP contribution in [0.5, 0.6) is 0 Å². The Bertz CT molecular complexity index is 549. The van der Waals surface area contributed by atoms with Crippen LogP contribution < -0.4 is 5.32 Å². The lowest BCUT2D eigenvalue weighted by Gasteiger charge is -2.12. The molecule has 0 radical (unpaired) electrons. The van der Waals surface area contributed by atoms with Crippen molar-refractivity contribution in [2.24, 2.45) is 0 Å². The van der Waals surface area contributed by atoms with Gasteiger partial charge < -0.3 is 10.4 Å². The lowest BCUT2D eigenvalue weighted by atomic mass is 10.2. The lowest BCUT2D eigenvalue weighted by molar-refractivity contribution is -0.141. The Balaban J connectivity index is 2.66.